The Labute approximate surface area is 74.9 Å². The molecule has 0 amide bonds. The number of aliphatic imine (C=N–C) groups is 1. The van der Waals surface area contributed by atoms with Crippen LogP contribution in [0, 0.1) is 0 Å². The van der Waals surface area contributed by atoms with Gasteiger partial charge < -0.3 is 0 Å². The van der Waals surface area contributed by atoms with E-state index in [1.165, 1.54) is 12.8 Å². The summed E-state index contributed by atoms with van der Waals surface area (Å²) in [6.07, 6.45) is 16.7. The zero-order valence-electron chi connectivity index (χ0n) is 7.58. The van der Waals surface area contributed by atoms with E-state index in [-0.39, 0.29) is 0 Å². The molecule has 12 heavy (non-hydrogen) atoms. The van der Waals surface area contributed by atoms with Crippen molar-refractivity contribution in [2.24, 2.45) is 4.99 Å². The summed E-state index contributed by atoms with van der Waals surface area (Å²) in [5.74, 6) is 0. The summed E-state index contributed by atoms with van der Waals surface area (Å²) in [4.78, 5) is 4.29. The van der Waals surface area contributed by atoms with E-state index < -0.39 is 0 Å². The van der Waals surface area contributed by atoms with E-state index in [0.29, 0.717) is 0 Å². The Morgan fingerprint density at radius 1 is 0.667 bits per heavy atom. The Bertz CT molecular complexity index is 126. The second-order valence-electron chi connectivity index (χ2n) is 2.97. The summed E-state index contributed by atoms with van der Waals surface area (Å²) in [6, 6.07) is 0. The molecule has 1 heteroatoms. The highest BCUT2D eigenvalue weighted by molar-refractivity contribution is 5.57. The van der Waals surface area contributed by atoms with Crippen LogP contribution in [0.1, 0.15) is 32.1 Å². The monoisotopic (exact) mass is 163 g/mol. The topological polar surface area (TPSA) is 12.4 Å². The highest BCUT2D eigenvalue weighted by Crippen LogP contribution is 1.98. The number of hydrogen-bond acceptors (Lipinski definition) is 1. The van der Waals surface area contributed by atoms with Gasteiger partial charge in [-0.1, -0.05) is 24.3 Å². The third kappa shape index (κ3) is 4.89. The van der Waals surface area contributed by atoms with Crippen molar-refractivity contribution >= 4 is 6.21 Å². The molecule has 0 aliphatic carbocycles. The number of allylic oxidation sites excluding steroid dienone is 3. The second kappa shape index (κ2) is 6.84. The van der Waals surface area contributed by atoms with Crippen LogP contribution in [-0.4, -0.2) is 12.8 Å². The molecule has 0 saturated heterocycles. The Hall–Kier alpha value is -0.850. The smallest absolute Gasteiger partial charge is 0.0419 e. The van der Waals surface area contributed by atoms with Crippen LogP contribution < -0.4 is 0 Å². The lowest BCUT2D eigenvalue weighted by Gasteiger charge is -1.92. The van der Waals surface area contributed by atoms with Crippen molar-refractivity contribution in [3.8, 4) is 0 Å². The Morgan fingerprint density at radius 2 is 1.25 bits per heavy atom. The fourth-order valence-corrected chi connectivity index (χ4v) is 1.17. The third-order valence-electron chi connectivity index (χ3n) is 1.85. The highest BCUT2D eigenvalue weighted by atomic mass is 14.7. The average molecular weight is 163 g/mol. The van der Waals surface area contributed by atoms with Crippen LogP contribution in [0.4, 0.5) is 0 Å². The van der Waals surface area contributed by atoms with Crippen molar-refractivity contribution < 1.29 is 0 Å². The maximum atomic E-state index is 4.29. The molecule has 1 aliphatic rings. The van der Waals surface area contributed by atoms with Gasteiger partial charge >= 0.3 is 0 Å². The molecule has 0 aromatic heterocycles. The highest BCUT2D eigenvalue weighted by Gasteiger charge is 1.82. The summed E-state index contributed by atoms with van der Waals surface area (Å²) in [5, 5.41) is 0. The first kappa shape index (κ1) is 9.24. The molecule has 1 heterocycles. The lowest BCUT2D eigenvalue weighted by molar-refractivity contribution is 0.961. The maximum Gasteiger partial charge on any atom is 0.0419 e. The SMILES string of the molecule is C1=NCC/C=C\CC/C=C\CC1. The number of rotatable bonds is 0. The van der Waals surface area contributed by atoms with Crippen molar-refractivity contribution in [1.29, 1.82) is 0 Å². The molecular formula is C11H17N. The predicted octanol–water partition coefficient (Wildman–Crippen LogP) is 3.13. The van der Waals surface area contributed by atoms with E-state index in [1.807, 2.05) is 6.21 Å². The van der Waals surface area contributed by atoms with Crippen LogP contribution in [0.5, 0.6) is 0 Å². The van der Waals surface area contributed by atoms with E-state index in [2.05, 4.69) is 29.3 Å². The van der Waals surface area contributed by atoms with Crippen LogP contribution in [0.25, 0.3) is 0 Å². The van der Waals surface area contributed by atoms with Crippen molar-refractivity contribution in [3.05, 3.63) is 24.3 Å². The predicted molar refractivity (Wildman–Crippen MR) is 54.7 cm³/mol. The molecule has 0 atom stereocenters. The van der Waals surface area contributed by atoms with Crippen molar-refractivity contribution in [3.63, 3.8) is 0 Å². The van der Waals surface area contributed by atoms with E-state index in [4.69, 9.17) is 0 Å². The van der Waals surface area contributed by atoms with Crippen LogP contribution >= 0.6 is 0 Å². The van der Waals surface area contributed by atoms with E-state index in [1.54, 1.807) is 0 Å². The lowest BCUT2D eigenvalue weighted by atomic mass is 10.2. The Morgan fingerprint density at radius 3 is 2.00 bits per heavy atom. The first-order valence-electron chi connectivity index (χ1n) is 4.78. The molecule has 0 saturated carbocycles. The minimum absolute atomic E-state index is 0.959. The Kier molecular flexibility index (Phi) is 5.26. The van der Waals surface area contributed by atoms with E-state index in [0.717, 1.165) is 25.8 Å². The molecule has 0 spiro atoms. The van der Waals surface area contributed by atoms with Crippen LogP contribution in [-0.2, 0) is 0 Å². The van der Waals surface area contributed by atoms with Crippen LogP contribution in [0.2, 0.25) is 0 Å². The summed E-state index contributed by atoms with van der Waals surface area (Å²) >= 11 is 0. The van der Waals surface area contributed by atoms with Crippen molar-refractivity contribution in [2.75, 3.05) is 6.54 Å². The molecule has 0 unspecified atom stereocenters. The molecule has 0 aromatic rings. The summed E-state index contributed by atoms with van der Waals surface area (Å²) in [7, 11) is 0. The van der Waals surface area contributed by atoms with Crippen LogP contribution in [0.15, 0.2) is 29.3 Å². The fraction of sp³-hybridized carbons (Fsp3) is 0.545. The van der Waals surface area contributed by atoms with Gasteiger partial charge in [0, 0.05) is 6.54 Å². The summed E-state index contributed by atoms with van der Waals surface area (Å²) in [6.45, 7) is 0.959. The fourth-order valence-electron chi connectivity index (χ4n) is 1.17. The normalized spacial score (nSPS) is 25.3. The van der Waals surface area contributed by atoms with Crippen molar-refractivity contribution in [2.45, 2.75) is 32.1 Å². The molecule has 0 fully saturated rings. The summed E-state index contributed by atoms with van der Waals surface area (Å²) < 4.78 is 0. The molecule has 0 N–H and O–H groups in total. The van der Waals surface area contributed by atoms with Gasteiger partial charge in [-0.15, -0.1) is 0 Å². The standard InChI is InChI=1S/C11H17N/c1-2-4-6-8-10-12-11-9-7-5-3-1/h2,4-5,7,10H,1,3,6,8-9,11H2/b4-2-,7-5-,12-10?. The van der Waals surface area contributed by atoms with Gasteiger partial charge in [-0.2, -0.15) is 0 Å². The molecule has 0 radical (unpaired) electrons. The molecule has 66 valence electrons. The van der Waals surface area contributed by atoms with Crippen molar-refractivity contribution in [1.82, 2.24) is 0 Å². The second-order valence-corrected chi connectivity index (χ2v) is 2.97. The molecule has 1 aliphatic heterocycles. The van der Waals surface area contributed by atoms with Gasteiger partial charge in [-0.05, 0) is 38.3 Å². The van der Waals surface area contributed by atoms with Gasteiger partial charge in [-0.25, -0.2) is 0 Å². The number of hydrogen-bond donors (Lipinski definition) is 0. The Balaban J connectivity index is 2.30. The zero-order valence-corrected chi connectivity index (χ0v) is 7.58. The molecule has 0 aromatic carbocycles. The molecular weight excluding hydrogens is 146 g/mol. The zero-order chi connectivity index (χ0) is 8.49. The molecule has 0 bridgehead atoms. The van der Waals surface area contributed by atoms with Gasteiger partial charge in [0.15, 0.2) is 0 Å². The summed E-state index contributed by atoms with van der Waals surface area (Å²) in [5.41, 5.74) is 0. The van der Waals surface area contributed by atoms with Gasteiger partial charge in [0.1, 0.15) is 0 Å². The minimum Gasteiger partial charge on any atom is -0.297 e. The average Bonchev–Trinajstić information content (AvgIpc) is 2.05. The van der Waals surface area contributed by atoms with Crippen LogP contribution in [0.3, 0.4) is 0 Å². The third-order valence-corrected chi connectivity index (χ3v) is 1.85. The largest absolute Gasteiger partial charge is 0.297 e. The van der Waals surface area contributed by atoms with Gasteiger partial charge in [-0.3, -0.25) is 4.99 Å². The first-order valence-corrected chi connectivity index (χ1v) is 4.78. The lowest BCUT2D eigenvalue weighted by Crippen LogP contribution is -1.81. The van der Waals surface area contributed by atoms with E-state index >= 15 is 0 Å². The quantitative estimate of drug-likeness (QED) is 0.486. The van der Waals surface area contributed by atoms with Gasteiger partial charge in [0.2, 0.25) is 0 Å². The maximum absolute atomic E-state index is 4.29. The molecule has 1 rings (SSSR count). The first-order chi connectivity index (χ1) is 6.00. The van der Waals surface area contributed by atoms with Gasteiger partial charge in [0.25, 0.3) is 0 Å². The minimum atomic E-state index is 0.959. The van der Waals surface area contributed by atoms with Gasteiger partial charge in [0.05, 0.1) is 0 Å². The van der Waals surface area contributed by atoms with E-state index in [9.17, 15) is 0 Å². The number of nitrogens with zero attached hydrogens (tertiary/aromatic N) is 1. The molecule has 1 nitrogen and oxygen atoms in total.